The number of hydrogen-bond acceptors (Lipinski definition) is 3. The molecule has 2 N–H and O–H groups in total. The number of ether oxygens (including phenoxy) is 2. The Labute approximate surface area is 176 Å². The Morgan fingerprint density at radius 2 is 1.73 bits per heavy atom. The fourth-order valence-corrected chi connectivity index (χ4v) is 2.85. The van der Waals surface area contributed by atoms with Gasteiger partial charge in [-0.1, -0.05) is 17.7 Å². The predicted octanol–water partition coefficient (Wildman–Crippen LogP) is 3.38. The molecule has 1 aromatic rings. The van der Waals surface area contributed by atoms with Crippen molar-refractivity contribution in [3.05, 3.63) is 34.4 Å². The van der Waals surface area contributed by atoms with Crippen LogP contribution in [0, 0.1) is 20.8 Å². The zero-order valence-corrected chi connectivity index (χ0v) is 19.3. The number of nitrogens with zero attached hydrogens (tertiary/aromatic N) is 1. The van der Waals surface area contributed by atoms with Crippen LogP contribution in [0.2, 0.25) is 0 Å². The lowest BCUT2D eigenvalue weighted by Crippen LogP contribution is -2.38. The summed E-state index contributed by atoms with van der Waals surface area (Å²) < 4.78 is 10.4. The Kier molecular flexibility index (Phi) is 14.7. The summed E-state index contributed by atoms with van der Waals surface area (Å²) in [6.45, 7) is 13.1. The molecule has 0 bridgehead atoms. The summed E-state index contributed by atoms with van der Waals surface area (Å²) >= 11 is 0. The second-order valence-electron chi connectivity index (χ2n) is 6.27. The number of guanidine groups is 1. The lowest BCUT2D eigenvalue weighted by atomic mass is 9.97. The molecule has 0 aromatic heterocycles. The minimum Gasteiger partial charge on any atom is -0.382 e. The van der Waals surface area contributed by atoms with Gasteiger partial charge in [-0.15, -0.1) is 24.0 Å². The molecule has 6 heteroatoms. The van der Waals surface area contributed by atoms with E-state index in [0.29, 0.717) is 19.8 Å². The number of hydrogen-bond donors (Lipinski definition) is 2. The van der Waals surface area contributed by atoms with Crippen LogP contribution in [0.4, 0.5) is 0 Å². The molecule has 1 rings (SSSR count). The molecule has 0 heterocycles. The monoisotopic (exact) mass is 477 g/mol. The Morgan fingerprint density at radius 3 is 2.35 bits per heavy atom. The molecule has 0 spiro atoms. The second-order valence-corrected chi connectivity index (χ2v) is 6.27. The summed E-state index contributed by atoms with van der Waals surface area (Å²) in [5, 5.41) is 6.72. The molecule has 150 valence electrons. The standard InChI is InChI=1S/C20H35N3O2.HI/c1-6-21-20(22-9-7-11-25-13-12-24-5)23-10-8-19-17(3)14-16(2)15-18(19)4;/h14-15H,6-13H2,1-5H3,(H2,21,22,23);1H. The smallest absolute Gasteiger partial charge is 0.191 e. The van der Waals surface area contributed by atoms with Crippen molar-refractivity contribution in [1.29, 1.82) is 0 Å². The molecule has 0 aliphatic rings. The molecule has 26 heavy (non-hydrogen) atoms. The maximum atomic E-state index is 5.46. The van der Waals surface area contributed by atoms with Crippen molar-refractivity contribution in [2.75, 3.05) is 46.6 Å². The topological polar surface area (TPSA) is 54.9 Å². The fourth-order valence-electron chi connectivity index (χ4n) is 2.85. The first-order valence-electron chi connectivity index (χ1n) is 9.24. The maximum absolute atomic E-state index is 5.46. The van der Waals surface area contributed by atoms with Gasteiger partial charge in [0, 0.05) is 33.4 Å². The van der Waals surface area contributed by atoms with Crippen LogP contribution in [-0.2, 0) is 15.9 Å². The number of methoxy groups -OCH3 is 1. The van der Waals surface area contributed by atoms with Crippen LogP contribution in [0.15, 0.2) is 17.1 Å². The van der Waals surface area contributed by atoms with Crippen LogP contribution < -0.4 is 10.6 Å². The average Bonchev–Trinajstić information content (AvgIpc) is 2.56. The molecule has 0 radical (unpaired) electrons. The Balaban J connectivity index is 0.00000625. The summed E-state index contributed by atoms with van der Waals surface area (Å²) in [7, 11) is 1.68. The fraction of sp³-hybridized carbons (Fsp3) is 0.650. The number of nitrogens with one attached hydrogen (secondary N) is 2. The van der Waals surface area contributed by atoms with E-state index in [0.717, 1.165) is 38.4 Å². The molecule has 0 fully saturated rings. The summed E-state index contributed by atoms with van der Waals surface area (Å²) in [4.78, 5) is 4.60. The first kappa shape index (κ1) is 25.1. The highest BCUT2D eigenvalue weighted by Crippen LogP contribution is 2.16. The molecule has 5 nitrogen and oxygen atoms in total. The lowest BCUT2D eigenvalue weighted by molar-refractivity contribution is 0.0702. The van der Waals surface area contributed by atoms with Gasteiger partial charge >= 0.3 is 0 Å². The molecule has 0 saturated heterocycles. The van der Waals surface area contributed by atoms with E-state index in [1.165, 1.54) is 22.3 Å². The highest BCUT2D eigenvalue weighted by Gasteiger charge is 2.04. The summed E-state index contributed by atoms with van der Waals surface area (Å²) in [5.74, 6) is 0.877. The van der Waals surface area contributed by atoms with Gasteiger partial charge in [0.1, 0.15) is 0 Å². The zero-order chi connectivity index (χ0) is 18.5. The quantitative estimate of drug-likeness (QED) is 0.222. The first-order valence-corrected chi connectivity index (χ1v) is 9.24. The van der Waals surface area contributed by atoms with Crippen LogP contribution in [-0.4, -0.2) is 52.5 Å². The Morgan fingerprint density at radius 1 is 1.04 bits per heavy atom. The largest absolute Gasteiger partial charge is 0.382 e. The lowest BCUT2D eigenvalue weighted by Gasteiger charge is -2.14. The van der Waals surface area contributed by atoms with Crippen LogP contribution in [0.25, 0.3) is 0 Å². The Hall–Kier alpha value is -0.860. The minimum absolute atomic E-state index is 0. The van der Waals surface area contributed by atoms with Crippen molar-refractivity contribution in [2.45, 2.75) is 40.5 Å². The minimum atomic E-state index is 0. The molecule has 1 aromatic carbocycles. The third-order valence-corrected chi connectivity index (χ3v) is 4.00. The van der Waals surface area contributed by atoms with Gasteiger partial charge in [-0.25, -0.2) is 0 Å². The van der Waals surface area contributed by atoms with Crippen LogP contribution in [0.3, 0.4) is 0 Å². The van der Waals surface area contributed by atoms with Gasteiger partial charge in [0.2, 0.25) is 0 Å². The van der Waals surface area contributed by atoms with Crippen LogP contribution in [0.5, 0.6) is 0 Å². The van der Waals surface area contributed by atoms with E-state index in [-0.39, 0.29) is 24.0 Å². The third kappa shape index (κ3) is 10.3. The van der Waals surface area contributed by atoms with E-state index in [4.69, 9.17) is 9.47 Å². The van der Waals surface area contributed by atoms with Gasteiger partial charge in [-0.2, -0.15) is 0 Å². The summed E-state index contributed by atoms with van der Waals surface area (Å²) in [6, 6.07) is 4.51. The van der Waals surface area contributed by atoms with Crippen molar-refractivity contribution >= 4 is 29.9 Å². The predicted molar refractivity (Wildman–Crippen MR) is 121 cm³/mol. The van der Waals surface area contributed by atoms with E-state index in [1.54, 1.807) is 7.11 Å². The van der Waals surface area contributed by atoms with E-state index < -0.39 is 0 Å². The molecule has 0 atom stereocenters. The number of aliphatic imine (C=N–C) groups is 1. The third-order valence-electron chi connectivity index (χ3n) is 4.00. The second kappa shape index (κ2) is 15.2. The molecule has 0 saturated carbocycles. The zero-order valence-electron chi connectivity index (χ0n) is 17.0. The highest BCUT2D eigenvalue weighted by atomic mass is 127. The van der Waals surface area contributed by atoms with Crippen LogP contribution in [0.1, 0.15) is 35.6 Å². The van der Waals surface area contributed by atoms with Crippen molar-refractivity contribution in [3.8, 4) is 0 Å². The molecular formula is C20H36IN3O2. The van der Waals surface area contributed by atoms with Gasteiger partial charge in [-0.05, 0) is 57.2 Å². The molecule has 0 aliphatic heterocycles. The van der Waals surface area contributed by atoms with Crippen LogP contribution >= 0.6 is 24.0 Å². The van der Waals surface area contributed by atoms with Crippen molar-refractivity contribution in [3.63, 3.8) is 0 Å². The van der Waals surface area contributed by atoms with Crippen molar-refractivity contribution in [1.82, 2.24) is 10.6 Å². The molecule has 0 unspecified atom stereocenters. The maximum Gasteiger partial charge on any atom is 0.191 e. The number of rotatable bonds is 11. The summed E-state index contributed by atoms with van der Waals surface area (Å²) in [6.07, 6.45) is 1.92. The van der Waals surface area contributed by atoms with E-state index >= 15 is 0 Å². The SMILES string of the molecule is CCNC(=NCCCOCCOC)NCCc1c(C)cc(C)cc1C.I. The first-order chi connectivity index (χ1) is 12.1. The Bertz CT molecular complexity index is 513. The van der Waals surface area contributed by atoms with E-state index in [9.17, 15) is 0 Å². The molecule has 0 amide bonds. The van der Waals surface area contributed by atoms with Gasteiger partial charge in [0.15, 0.2) is 5.96 Å². The van der Waals surface area contributed by atoms with Gasteiger partial charge in [0.05, 0.1) is 13.2 Å². The van der Waals surface area contributed by atoms with Gasteiger partial charge < -0.3 is 20.1 Å². The number of aryl methyl sites for hydroxylation is 3. The molecule has 0 aliphatic carbocycles. The van der Waals surface area contributed by atoms with Gasteiger partial charge in [-0.3, -0.25) is 4.99 Å². The number of benzene rings is 1. The van der Waals surface area contributed by atoms with Crippen molar-refractivity contribution in [2.24, 2.45) is 4.99 Å². The molecular weight excluding hydrogens is 441 g/mol. The number of halogens is 1. The highest BCUT2D eigenvalue weighted by molar-refractivity contribution is 14.0. The normalized spacial score (nSPS) is 11.2. The van der Waals surface area contributed by atoms with Gasteiger partial charge in [0.25, 0.3) is 0 Å². The van der Waals surface area contributed by atoms with E-state index in [1.807, 2.05) is 0 Å². The summed E-state index contributed by atoms with van der Waals surface area (Å²) in [5.41, 5.74) is 5.50. The van der Waals surface area contributed by atoms with Crippen molar-refractivity contribution < 1.29 is 9.47 Å². The van der Waals surface area contributed by atoms with E-state index in [2.05, 4.69) is 55.5 Å². The average molecular weight is 477 g/mol.